The van der Waals surface area contributed by atoms with E-state index in [-0.39, 0.29) is 5.91 Å². The molecule has 106 valence electrons. The summed E-state index contributed by atoms with van der Waals surface area (Å²) in [5, 5.41) is 2.75. The summed E-state index contributed by atoms with van der Waals surface area (Å²) in [6.07, 6.45) is 0.539. The number of benzene rings is 1. The summed E-state index contributed by atoms with van der Waals surface area (Å²) in [5.74, 6) is -0.154. The van der Waals surface area contributed by atoms with Gasteiger partial charge in [-0.15, -0.1) is 0 Å². The van der Waals surface area contributed by atoms with E-state index in [0.717, 1.165) is 5.56 Å². The molecule has 1 atom stereocenters. The quantitative estimate of drug-likeness (QED) is 0.632. The van der Waals surface area contributed by atoms with Gasteiger partial charge >= 0.3 is 0 Å². The number of methoxy groups -OCH3 is 1. The van der Waals surface area contributed by atoms with Gasteiger partial charge in [0.25, 0.3) is 0 Å². The van der Waals surface area contributed by atoms with Crippen molar-refractivity contribution in [2.24, 2.45) is 5.73 Å². The zero-order valence-corrected chi connectivity index (χ0v) is 11.3. The van der Waals surface area contributed by atoms with Crippen LogP contribution >= 0.6 is 0 Å². The van der Waals surface area contributed by atoms with Gasteiger partial charge in [0.1, 0.15) is 0 Å². The van der Waals surface area contributed by atoms with Gasteiger partial charge in [-0.1, -0.05) is 30.3 Å². The molecule has 1 aromatic rings. The predicted molar refractivity (Wildman–Crippen MR) is 73.8 cm³/mol. The molecule has 0 aliphatic heterocycles. The Morgan fingerprint density at radius 2 is 2.00 bits per heavy atom. The Morgan fingerprint density at radius 3 is 2.68 bits per heavy atom. The number of carbonyl (C=O) groups is 1. The first-order valence-corrected chi connectivity index (χ1v) is 6.38. The van der Waals surface area contributed by atoms with Gasteiger partial charge in [0, 0.05) is 13.7 Å². The van der Waals surface area contributed by atoms with E-state index in [0.29, 0.717) is 32.8 Å². The Labute approximate surface area is 114 Å². The highest BCUT2D eigenvalue weighted by Gasteiger charge is 2.12. The highest BCUT2D eigenvalue weighted by molar-refractivity contribution is 5.81. The molecule has 0 aromatic heterocycles. The zero-order valence-electron chi connectivity index (χ0n) is 11.3. The van der Waals surface area contributed by atoms with Crippen LogP contribution in [0.3, 0.4) is 0 Å². The lowest BCUT2D eigenvalue weighted by molar-refractivity contribution is -0.122. The number of rotatable bonds is 9. The molecule has 19 heavy (non-hydrogen) atoms. The first-order valence-electron chi connectivity index (χ1n) is 6.38. The minimum atomic E-state index is -0.527. The van der Waals surface area contributed by atoms with E-state index >= 15 is 0 Å². The maximum absolute atomic E-state index is 11.7. The average Bonchev–Trinajstić information content (AvgIpc) is 2.43. The normalized spacial score (nSPS) is 12.1. The molecule has 0 radical (unpaired) electrons. The Morgan fingerprint density at radius 1 is 1.26 bits per heavy atom. The van der Waals surface area contributed by atoms with Crippen molar-refractivity contribution in [2.45, 2.75) is 12.5 Å². The standard InChI is InChI=1S/C14H22N2O3/c1-18-9-10-19-8-7-16-14(17)13(15)11-12-5-3-2-4-6-12/h2-6,13H,7-11,15H2,1H3,(H,16,17). The van der Waals surface area contributed by atoms with Crippen LogP contribution in [0.2, 0.25) is 0 Å². The van der Waals surface area contributed by atoms with Crippen LogP contribution in [0.5, 0.6) is 0 Å². The average molecular weight is 266 g/mol. The number of amides is 1. The minimum absolute atomic E-state index is 0.154. The van der Waals surface area contributed by atoms with E-state index in [4.69, 9.17) is 15.2 Å². The van der Waals surface area contributed by atoms with Crippen LogP contribution in [0.1, 0.15) is 5.56 Å². The van der Waals surface area contributed by atoms with Crippen LogP contribution in [0.4, 0.5) is 0 Å². The molecule has 1 amide bonds. The maximum atomic E-state index is 11.7. The SMILES string of the molecule is COCCOCCNC(=O)C(N)Cc1ccccc1. The first kappa shape index (κ1) is 15.6. The number of nitrogens with two attached hydrogens (primary N) is 1. The van der Waals surface area contributed by atoms with Gasteiger partial charge in [-0.3, -0.25) is 4.79 Å². The second-order valence-electron chi connectivity index (χ2n) is 4.19. The summed E-state index contributed by atoms with van der Waals surface area (Å²) in [6, 6.07) is 9.20. The molecule has 0 spiro atoms. The summed E-state index contributed by atoms with van der Waals surface area (Å²) in [7, 11) is 1.62. The molecular formula is C14H22N2O3. The van der Waals surface area contributed by atoms with Crippen LogP contribution in [0.15, 0.2) is 30.3 Å². The fourth-order valence-corrected chi connectivity index (χ4v) is 1.58. The first-order chi connectivity index (χ1) is 9.24. The minimum Gasteiger partial charge on any atom is -0.382 e. The number of ether oxygens (including phenoxy) is 2. The van der Waals surface area contributed by atoms with Crippen molar-refractivity contribution in [1.29, 1.82) is 0 Å². The zero-order chi connectivity index (χ0) is 13.9. The monoisotopic (exact) mass is 266 g/mol. The van der Waals surface area contributed by atoms with Gasteiger partial charge in [0.15, 0.2) is 0 Å². The van der Waals surface area contributed by atoms with Crippen LogP contribution in [-0.4, -0.2) is 45.4 Å². The van der Waals surface area contributed by atoms with Crippen molar-refractivity contribution in [1.82, 2.24) is 5.32 Å². The van der Waals surface area contributed by atoms with Crippen molar-refractivity contribution in [3.63, 3.8) is 0 Å². The molecule has 3 N–H and O–H groups in total. The number of hydrogen-bond donors (Lipinski definition) is 2. The van der Waals surface area contributed by atoms with E-state index in [1.165, 1.54) is 0 Å². The van der Waals surface area contributed by atoms with Crippen LogP contribution < -0.4 is 11.1 Å². The molecule has 0 heterocycles. The molecule has 1 unspecified atom stereocenters. The van der Waals surface area contributed by atoms with Crippen molar-refractivity contribution in [2.75, 3.05) is 33.5 Å². The summed E-state index contributed by atoms with van der Waals surface area (Å²) in [4.78, 5) is 11.7. The molecule has 5 heteroatoms. The third kappa shape index (κ3) is 6.91. The third-order valence-corrected chi connectivity index (χ3v) is 2.61. The summed E-state index contributed by atoms with van der Waals surface area (Å²) < 4.78 is 10.1. The topological polar surface area (TPSA) is 73.6 Å². The van der Waals surface area contributed by atoms with Gasteiger partial charge in [0.2, 0.25) is 5.91 Å². The lowest BCUT2D eigenvalue weighted by Gasteiger charge is -2.12. The Balaban J connectivity index is 2.15. The third-order valence-electron chi connectivity index (χ3n) is 2.61. The second-order valence-corrected chi connectivity index (χ2v) is 4.19. The number of carbonyl (C=O) groups excluding carboxylic acids is 1. The Hall–Kier alpha value is -1.43. The number of hydrogen-bond acceptors (Lipinski definition) is 4. The van der Waals surface area contributed by atoms with E-state index in [9.17, 15) is 4.79 Å². The van der Waals surface area contributed by atoms with Crippen molar-refractivity contribution in [3.05, 3.63) is 35.9 Å². The van der Waals surface area contributed by atoms with E-state index < -0.39 is 6.04 Å². The molecular weight excluding hydrogens is 244 g/mol. The summed E-state index contributed by atoms with van der Waals surface area (Å²) >= 11 is 0. The molecule has 1 rings (SSSR count). The Bertz CT molecular complexity index is 357. The largest absolute Gasteiger partial charge is 0.382 e. The van der Waals surface area contributed by atoms with Crippen LogP contribution in [0.25, 0.3) is 0 Å². The van der Waals surface area contributed by atoms with Gasteiger partial charge in [0.05, 0.1) is 25.9 Å². The molecule has 0 fully saturated rings. The van der Waals surface area contributed by atoms with Gasteiger partial charge in [-0.05, 0) is 12.0 Å². The fraction of sp³-hybridized carbons (Fsp3) is 0.500. The second kappa shape index (κ2) is 9.49. The maximum Gasteiger partial charge on any atom is 0.237 e. The molecule has 0 aliphatic carbocycles. The van der Waals surface area contributed by atoms with Gasteiger partial charge in [-0.2, -0.15) is 0 Å². The summed E-state index contributed by atoms with van der Waals surface area (Å²) in [5.41, 5.74) is 6.90. The lowest BCUT2D eigenvalue weighted by atomic mass is 10.1. The van der Waals surface area contributed by atoms with E-state index in [1.807, 2.05) is 30.3 Å². The van der Waals surface area contributed by atoms with Gasteiger partial charge < -0.3 is 20.5 Å². The number of nitrogens with one attached hydrogen (secondary N) is 1. The van der Waals surface area contributed by atoms with Crippen molar-refractivity contribution >= 4 is 5.91 Å². The molecule has 5 nitrogen and oxygen atoms in total. The van der Waals surface area contributed by atoms with E-state index in [2.05, 4.69) is 5.32 Å². The molecule has 1 aromatic carbocycles. The van der Waals surface area contributed by atoms with E-state index in [1.54, 1.807) is 7.11 Å². The molecule has 0 aliphatic rings. The predicted octanol–water partition coefficient (Wildman–Crippen LogP) is 0.336. The molecule has 0 saturated carbocycles. The smallest absolute Gasteiger partial charge is 0.237 e. The fourth-order valence-electron chi connectivity index (χ4n) is 1.58. The lowest BCUT2D eigenvalue weighted by Crippen LogP contribution is -2.43. The van der Waals surface area contributed by atoms with Crippen molar-refractivity contribution < 1.29 is 14.3 Å². The highest BCUT2D eigenvalue weighted by Crippen LogP contribution is 2.01. The van der Waals surface area contributed by atoms with Gasteiger partial charge in [-0.25, -0.2) is 0 Å². The highest BCUT2D eigenvalue weighted by atomic mass is 16.5. The summed E-state index contributed by atoms with van der Waals surface area (Å²) in [6.45, 7) is 2.02. The van der Waals surface area contributed by atoms with Crippen molar-refractivity contribution in [3.8, 4) is 0 Å². The van der Waals surface area contributed by atoms with Crippen LogP contribution in [-0.2, 0) is 20.7 Å². The molecule has 0 saturated heterocycles. The molecule has 0 bridgehead atoms. The Kier molecular flexibility index (Phi) is 7.81. The van der Waals surface area contributed by atoms with Crippen LogP contribution in [0, 0.1) is 0 Å².